The number of ether oxygens (including phenoxy) is 2. The van der Waals surface area contributed by atoms with Gasteiger partial charge in [0.15, 0.2) is 11.5 Å². The smallest absolute Gasteiger partial charge is 0.295 e. The number of hydrogen-bond acceptors (Lipinski definition) is 6. The van der Waals surface area contributed by atoms with Gasteiger partial charge in [-0.05, 0) is 47.5 Å². The number of likely N-dealkylation sites (tertiary alicyclic amines) is 1. The molecule has 0 aliphatic carbocycles. The van der Waals surface area contributed by atoms with E-state index in [1.807, 2.05) is 0 Å². The van der Waals surface area contributed by atoms with E-state index in [-0.39, 0.29) is 17.9 Å². The van der Waals surface area contributed by atoms with Crippen molar-refractivity contribution in [1.82, 2.24) is 9.88 Å². The number of carbonyl (C=O) groups is 2. The lowest BCUT2D eigenvalue weighted by atomic mass is 9.96. The Bertz CT molecular complexity index is 1230. The first-order valence-electron chi connectivity index (χ1n) is 10.1. The Morgan fingerprint density at radius 2 is 1.79 bits per heavy atom. The van der Waals surface area contributed by atoms with Crippen LogP contribution < -0.4 is 9.47 Å². The minimum atomic E-state index is -0.878. The molecule has 1 unspecified atom stereocenters. The van der Waals surface area contributed by atoms with E-state index in [9.17, 15) is 19.1 Å². The van der Waals surface area contributed by atoms with Gasteiger partial charge >= 0.3 is 0 Å². The van der Waals surface area contributed by atoms with E-state index >= 15 is 0 Å². The average Bonchev–Trinajstić information content (AvgIpc) is 3.10. The molecule has 0 bridgehead atoms. The van der Waals surface area contributed by atoms with Crippen LogP contribution in [0, 0.1) is 5.82 Å². The molecule has 1 aliphatic rings. The van der Waals surface area contributed by atoms with E-state index in [2.05, 4.69) is 4.98 Å². The molecule has 8 heteroatoms. The number of hydrogen-bond donors (Lipinski definition) is 1. The van der Waals surface area contributed by atoms with E-state index in [0.29, 0.717) is 28.2 Å². The average molecular weight is 448 g/mol. The van der Waals surface area contributed by atoms with E-state index < -0.39 is 23.5 Å². The molecule has 3 aromatic rings. The number of benzene rings is 2. The van der Waals surface area contributed by atoms with Crippen LogP contribution in [0.1, 0.15) is 22.7 Å². The highest BCUT2D eigenvalue weighted by Crippen LogP contribution is 2.41. The van der Waals surface area contributed by atoms with Crippen LogP contribution >= 0.6 is 0 Å². The van der Waals surface area contributed by atoms with Crippen molar-refractivity contribution in [3.8, 4) is 11.5 Å². The van der Waals surface area contributed by atoms with Gasteiger partial charge in [-0.3, -0.25) is 14.6 Å². The van der Waals surface area contributed by atoms with Crippen LogP contribution in [0.25, 0.3) is 5.76 Å². The Morgan fingerprint density at radius 3 is 2.42 bits per heavy atom. The van der Waals surface area contributed by atoms with Crippen LogP contribution in [0.15, 0.2) is 72.6 Å². The summed E-state index contributed by atoms with van der Waals surface area (Å²) in [6, 6.07) is 12.9. The summed E-state index contributed by atoms with van der Waals surface area (Å²) in [5.74, 6) is -1.52. The van der Waals surface area contributed by atoms with Gasteiger partial charge in [0.2, 0.25) is 0 Å². The maximum absolute atomic E-state index is 13.3. The second-order valence-corrected chi connectivity index (χ2v) is 7.41. The first-order chi connectivity index (χ1) is 15.9. The number of carbonyl (C=O) groups excluding carboxylic acids is 2. The number of methoxy groups -OCH3 is 2. The number of aliphatic hydroxyl groups excluding tert-OH is 1. The minimum absolute atomic E-state index is 0.0487. The molecule has 1 N–H and O–H groups in total. The fraction of sp³-hybridized carbons (Fsp3) is 0.160. The molecule has 4 rings (SSSR count). The van der Waals surface area contributed by atoms with Gasteiger partial charge in [0.05, 0.1) is 25.8 Å². The molecule has 2 aromatic carbocycles. The molecular weight excluding hydrogens is 427 g/mol. The van der Waals surface area contributed by atoms with Gasteiger partial charge < -0.3 is 19.5 Å². The lowest BCUT2D eigenvalue weighted by Crippen LogP contribution is -2.29. The molecular formula is C25H21FN2O5. The monoisotopic (exact) mass is 448 g/mol. The van der Waals surface area contributed by atoms with Gasteiger partial charge in [0.25, 0.3) is 11.7 Å². The van der Waals surface area contributed by atoms with Gasteiger partial charge in [-0.15, -0.1) is 0 Å². The van der Waals surface area contributed by atoms with E-state index in [1.165, 1.54) is 43.5 Å². The molecule has 7 nitrogen and oxygen atoms in total. The number of halogens is 1. The number of amides is 1. The highest BCUT2D eigenvalue weighted by atomic mass is 19.1. The third-order valence-electron chi connectivity index (χ3n) is 5.46. The number of nitrogens with zero attached hydrogens (tertiary/aromatic N) is 2. The number of pyridine rings is 1. The number of aromatic nitrogens is 1. The van der Waals surface area contributed by atoms with Crippen molar-refractivity contribution >= 4 is 17.4 Å². The van der Waals surface area contributed by atoms with Crippen LogP contribution in [-0.4, -0.2) is 40.9 Å². The SMILES string of the molecule is COc1ccc(/C(O)=C2/C(=O)C(=O)N(Cc3ccc(F)cc3)C2c2cccnc2)cc1OC. The van der Waals surface area contributed by atoms with Gasteiger partial charge in [0, 0.05) is 24.5 Å². The molecule has 2 heterocycles. The Hall–Kier alpha value is -4.20. The maximum atomic E-state index is 13.3. The molecule has 1 fully saturated rings. The van der Waals surface area contributed by atoms with Crippen molar-refractivity contribution in [3.63, 3.8) is 0 Å². The molecule has 33 heavy (non-hydrogen) atoms. The zero-order valence-electron chi connectivity index (χ0n) is 18.0. The fourth-order valence-corrected chi connectivity index (χ4v) is 3.85. The maximum Gasteiger partial charge on any atom is 0.295 e. The van der Waals surface area contributed by atoms with Crippen molar-refractivity contribution in [1.29, 1.82) is 0 Å². The zero-order chi connectivity index (χ0) is 23.5. The molecule has 1 aromatic heterocycles. The normalized spacial score (nSPS) is 17.3. The predicted octanol–water partition coefficient (Wildman–Crippen LogP) is 3.86. The first kappa shape index (κ1) is 22.0. The third-order valence-corrected chi connectivity index (χ3v) is 5.46. The number of rotatable bonds is 6. The first-order valence-corrected chi connectivity index (χ1v) is 10.1. The van der Waals surface area contributed by atoms with Crippen LogP contribution in [0.3, 0.4) is 0 Å². The highest BCUT2D eigenvalue weighted by Gasteiger charge is 2.46. The highest BCUT2D eigenvalue weighted by molar-refractivity contribution is 6.46. The van der Waals surface area contributed by atoms with Crippen LogP contribution in [0.2, 0.25) is 0 Å². The van der Waals surface area contributed by atoms with Gasteiger partial charge in [0.1, 0.15) is 11.6 Å². The summed E-state index contributed by atoms with van der Waals surface area (Å²) in [6.07, 6.45) is 3.11. The molecule has 1 saturated heterocycles. The molecule has 0 saturated carbocycles. The molecule has 0 spiro atoms. The summed E-state index contributed by atoms with van der Waals surface area (Å²) < 4.78 is 23.9. The van der Waals surface area contributed by atoms with Gasteiger partial charge in [-0.1, -0.05) is 18.2 Å². The topological polar surface area (TPSA) is 89.0 Å². The zero-order valence-corrected chi connectivity index (χ0v) is 18.0. The van der Waals surface area contributed by atoms with Gasteiger partial charge in [-0.25, -0.2) is 4.39 Å². The molecule has 168 valence electrons. The molecule has 1 amide bonds. The second kappa shape index (κ2) is 9.12. The van der Waals surface area contributed by atoms with Crippen LogP contribution in [-0.2, 0) is 16.1 Å². The summed E-state index contributed by atoms with van der Waals surface area (Å²) in [5, 5.41) is 11.2. The third kappa shape index (κ3) is 4.15. The summed E-state index contributed by atoms with van der Waals surface area (Å²) >= 11 is 0. The van der Waals surface area contributed by atoms with Crippen LogP contribution in [0.5, 0.6) is 11.5 Å². The molecule has 1 aliphatic heterocycles. The fourth-order valence-electron chi connectivity index (χ4n) is 3.85. The molecule has 1 atom stereocenters. The van der Waals surface area contributed by atoms with E-state index in [4.69, 9.17) is 9.47 Å². The number of aliphatic hydroxyl groups is 1. The van der Waals surface area contributed by atoms with Crippen molar-refractivity contribution in [2.45, 2.75) is 12.6 Å². The summed E-state index contributed by atoms with van der Waals surface area (Å²) in [6.45, 7) is 0.0487. The summed E-state index contributed by atoms with van der Waals surface area (Å²) in [7, 11) is 2.94. The van der Waals surface area contributed by atoms with E-state index in [0.717, 1.165) is 0 Å². The number of Topliss-reactive ketones (excluding diaryl/α,β-unsaturated/α-hetero) is 1. The number of ketones is 1. The summed E-state index contributed by atoms with van der Waals surface area (Å²) in [4.78, 5) is 31.6. The quantitative estimate of drug-likeness (QED) is 0.350. The summed E-state index contributed by atoms with van der Waals surface area (Å²) in [5.41, 5.74) is 1.42. The van der Waals surface area contributed by atoms with Gasteiger partial charge in [-0.2, -0.15) is 0 Å². The van der Waals surface area contributed by atoms with Crippen LogP contribution in [0.4, 0.5) is 4.39 Å². The second-order valence-electron chi connectivity index (χ2n) is 7.41. The lowest BCUT2D eigenvalue weighted by Gasteiger charge is -2.25. The Balaban J connectivity index is 1.84. The predicted molar refractivity (Wildman–Crippen MR) is 118 cm³/mol. The Labute approximate surface area is 189 Å². The Kier molecular flexibility index (Phi) is 6.08. The van der Waals surface area contributed by atoms with Crippen molar-refractivity contribution in [3.05, 3.63) is 95.1 Å². The minimum Gasteiger partial charge on any atom is -0.507 e. The van der Waals surface area contributed by atoms with Crippen molar-refractivity contribution < 1.29 is 28.6 Å². The lowest BCUT2D eigenvalue weighted by molar-refractivity contribution is -0.140. The largest absolute Gasteiger partial charge is 0.507 e. The van der Waals surface area contributed by atoms with Crippen molar-refractivity contribution in [2.24, 2.45) is 0 Å². The van der Waals surface area contributed by atoms with Crippen molar-refractivity contribution in [2.75, 3.05) is 14.2 Å². The molecule has 0 radical (unpaired) electrons. The standard InChI is InChI=1S/C25H21FN2O5/c1-32-19-10-7-16(12-20(19)33-2)23(29)21-22(17-4-3-11-27-13-17)28(25(31)24(21)30)14-15-5-8-18(26)9-6-15/h3-13,22,29H,14H2,1-2H3/b23-21-. The van der Waals surface area contributed by atoms with E-state index in [1.54, 1.807) is 42.6 Å². The Morgan fingerprint density at radius 1 is 1.06 bits per heavy atom.